The molecule has 168 valence electrons. The summed E-state index contributed by atoms with van der Waals surface area (Å²) < 4.78 is 7.03. The zero-order valence-electron chi connectivity index (χ0n) is 17.4. The Kier molecular flexibility index (Phi) is 7.12. The van der Waals surface area contributed by atoms with Crippen LogP contribution in [0.25, 0.3) is 0 Å². The van der Waals surface area contributed by atoms with Gasteiger partial charge in [0.25, 0.3) is 0 Å². The van der Waals surface area contributed by atoms with Crippen LogP contribution in [0.15, 0.2) is 48.5 Å². The van der Waals surface area contributed by atoms with Crippen LogP contribution in [0.2, 0.25) is 10.0 Å². The van der Waals surface area contributed by atoms with Gasteiger partial charge in [0, 0.05) is 21.4 Å². The molecule has 8 nitrogen and oxygen atoms in total. The summed E-state index contributed by atoms with van der Waals surface area (Å²) in [5.74, 6) is 0.735. The molecular formula is C22H24Cl2N6O2. The van der Waals surface area contributed by atoms with Gasteiger partial charge >= 0.3 is 6.09 Å². The summed E-state index contributed by atoms with van der Waals surface area (Å²) in [7, 11) is 0. The minimum absolute atomic E-state index is 0.130. The monoisotopic (exact) mass is 474 g/mol. The fraction of sp³-hybridized carbons (Fsp3) is 0.364. The first kappa shape index (κ1) is 22.4. The highest BCUT2D eigenvalue weighted by atomic mass is 35.5. The zero-order valence-corrected chi connectivity index (χ0v) is 18.9. The molecule has 1 saturated carbocycles. The normalized spacial score (nSPS) is 15.2. The van der Waals surface area contributed by atoms with Crippen LogP contribution >= 0.6 is 23.2 Å². The number of hydrogen-bond acceptors (Lipinski definition) is 6. The SMILES string of the molecule is O=C(Nc1ccc(Cl)cc1)OCCn1nnnc1C1(Nc2cccc(Cl)c2)CCCCC1. The van der Waals surface area contributed by atoms with Crippen molar-refractivity contribution in [3.8, 4) is 0 Å². The predicted molar refractivity (Wildman–Crippen MR) is 124 cm³/mol. The maximum Gasteiger partial charge on any atom is 0.411 e. The number of ether oxygens (including phenoxy) is 1. The number of tetrazole rings is 1. The number of carbonyl (C=O) groups excluding carboxylic acids is 1. The van der Waals surface area contributed by atoms with E-state index in [0.29, 0.717) is 22.3 Å². The molecule has 4 rings (SSSR count). The van der Waals surface area contributed by atoms with Gasteiger partial charge in [0.2, 0.25) is 0 Å². The minimum Gasteiger partial charge on any atom is -0.447 e. The van der Waals surface area contributed by atoms with Gasteiger partial charge in [-0.25, -0.2) is 9.48 Å². The van der Waals surface area contributed by atoms with Crippen LogP contribution in [0.1, 0.15) is 37.9 Å². The summed E-state index contributed by atoms with van der Waals surface area (Å²) in [5, 5.41) is 20.0. The van der Waals surface area contributed by atoms with Crippen molar-refractivity contribution in [3.05, 3.63) is 64.4 Å². The highest BCUT2D eigenvalue weighted by Crippen LogP contribution is 2.39. The molecule has 0 bridgehead atoms. The van der Waals surface area contributed by atoms with Crippen molar-refractivity contribution in [1.29, 1.82) is 0 Å². The number of rotatable bonds is 7. The zero-order chi connectivity index (χ0) is 22.4. The Hall–Kier alpha value is -2.84. The molecular weight excluding hydrogens is 451 g/mol. The van der Waals surface area contributed by atoms with E-state index in [1.54, 1.807) is 28.9 Å². The highest BCUT2D eigenvalue weighted by molar-refractivity contribution is 6.31. The minimum atomic E-state index is -0.550. The van der Waals surface area contributed by atoms with Gasteiger partial charge < -0.3 is 10.1 Å². The molecule has 0 atom stereocenters. The first-order valence-electron chi connectivity index (χ1n) is 10.5. The number of anilines is 2. The van der Waals surface area contributed by atoms with Gasteiger partial charge in [0.05, 0.1) is 12.1 Å². The standard InChI is InChI=1S/C22H24Cl2N6O2/c23-16-7-9-18(10-8-16)25-21(31)32-14-13-30-20(27-28-29-30)22(11-2-1-3-12-22)26-19-6-4-5-17(24)15-19/h4-10,15,26H,1-3,11-14H2,(H,25,31). The van der Waals surface area contributed by atoms with E-state index in [9.17, 15) is 4.79 Å². The molecule has 1 aliphatic rings. The van der Waals surface area contributed by atoms with E-state index in [0.717, 1.165) is 37.2 Å². The van der Waals surface area contributed by atoms with Crippen LogP contribution in [-0.4, -0.2) is 32.9 Å². The molecule has 1 aliphatic carbocycles. The Morgan fingerprint density at radius 2 is 1.81 bits per heavy atom. The van der Waals surface area contributed by atoms with Crippen molar-refractivity contribution in [2.75, 3.05) is 17.2 Å². The predicted octanol–water partition coefficient (Wildman–Crippen LogP) is 5.50. The van der Waals surface area contributed by atoms with E-state index in [4.69, 9.17) is 27.9 Å². The lowest BCUT2D eigenvalue weighted by molar-refractivity contribution is 0.153. The maximum atomic E-state index is 12.1. The van der Waals surface area contributed by atoms with Crippen molar-refractivity contribution in [2.45, 2.75) is 44.2 Å². The Balaban J connectivity index is 1.42. The smallest absolute Gasteiger partial charge is 0.411 e. The van der Waals surface area contributed by atoms with Crippen LogP contribution in [-0.2, 0) is 16.8 Å². The van der Waals surface area contributed by atoms with Gasteiger partial charge in [-0.1, -0.05) is 48.5 Å². The lowest BCUT2D eigenvalue weighted by Crippen LogP contribution is -2.40. The Bertz CT molecular complexity index is 1050. The van der Waals surface area contributed by atoms with E-state index < -0.39 is 11.6 Å². The Labute approximate surface area is 196 Å². The lowest BCUT2D eigenvalue weighted by Gasteiger charge is -2.37. The van der Waals surface area contributed by atoms with Crippen molar-refractivity contribution in [3.63, 3.8) is 0 Å². The molecule has 0 aliphatic heterocycles. The van der Waals surface area contributed by atoms with E-state index in [-0.39, 0.29) is 6.61 Å². The molecule has 10 heteroatoms. The largest absolute Gasteiger partial charge is 0.447 e. The van der Waals surface area contributed by atoms with Crippen LogP contribution < -0.4 is 10.6 Å². The van der Waals surface area contributed by atoms with Gasteiger partial charge in [-0.15, -0.1) is 5.10 Å². The average molecular weight is 475 g/mol. The Morgan fingerprint density at radius 1 is 1.03 bits per heavy atom. The second kappa shape index (κ2) is 10.2. The molecule has 2 aromatic carbocycles. The molecule has 2 N–H and O–H groups in total. The van der Waals surface area contributed by atoms with Gasteiger partial charge in [0.15, 0.2) is 5.82 Å². The highest BCUT2D eigenvalue weighted by Gasteiger charge is 2.39. The second-order valence-electron chi connectivity index (χ2n) is 7.77. The molecule has 0 spiro atoms. The van der Waals surface area contributed by atoms with Crippen molar-refractivity contribution in [2.24, 2.45) is 0 Å². The van der Waals surface area contributed by atoms with Crippen LogP contribution in [0.5, 0.6) is 0 Å². The fourth-order valence-electron chi connectivity index (χ4n) is 4.01. The third-order valence-electron chi connectivity index (χ3n) is 5.50. The molecule has 1 heterocycles. The van der Waals surface area contributed by atoms with E-state index in [2.05, 4.69) is 26.2 Å². The van der Waals surface area contributed by atoms with Crippen LogP contribution in [0.3, 0.4) is 0 Å². The first-order valence-corrected chi connectivity index (χ1v) is 11.3. The second-order valence-corrected chi connectivity index (χ2v) is 8.64. The van der Waals surface area contributed by atoms with E-state index >= 15 is 0 Å². The number of nitrogens with one attached hydrogen (secondary N) is 2. The number of aromatic nitrogens is 4. The third-order valence-corrected chi connectivity index (χ3v) is 5.99. The topological polar surface area (TPSA) is 94.0 Å². The number of halogens is 2. The molecule has 0 radical (unpaired) electrons. The van der Waals surface area contributed by atoms with Crippen molar-refractivity contribution in [1.82, 2.24) is 20.2 Å². The molecule has 1 fully saturated rings. The van der Waals surface area contributed by atoms with Gasteiger partial charge in [-0.05, 0) is 65.7 Å². The summed E-state index contributed by atoms with van der Waals surface area (Å²) >= 11 is 12.0. The summed E-state index contributed by atoms with van der Waals surface area (Å²) in [6, 6.07) is 14.4. The molecule has 0 unspecified atom stereocenters. The number of benzene rings is 2. The van der Waals surface area contributed by atoms with Gasteiger partial charge in [-0.2, -0.15) is 0 Å². The number of carbonyl (C=O) groups is 1. The van der Waals surface area contributed by atoms with Gasteiger partial charge in [0.1, 0.15) is 6.61 Å². The maximum absolute atomic E-state index is 12.1. The van der Waals surface area contributed by atoms with Crippen molar-refractivity contribution < 1.29 is 9.53 Å². The Morgan fingerprint density at radius 3 is 2.56 bits per heavy atom. The molecule has 32 heavy (non-hydrogen) atoms. The van der Waals surface area contributed by atoms with Crippen LogP contribution in [0, 0.1) is 0 Å². The lowest BCUT2D eigenvalue weighted by atomic mass is 9.80. The average Bonchev–Trinajstić information content (AvgIpc) is 3.25. The molecule has 0 saturated heterocycles. The first-order chi connectivity index (χ1) is 15.5. The fourth-order valence-corrected chi connectivity index (χ4v) is 4.33. The summed E-state index contributed by atoms with van der Waals surface area (Å²) in [6.07, 6.45) is 4.57. The molecule has 1 aromatic heterocycles. The molecule has 1 amide bonds. The number of amides is 1. The van der Waals surface area contributed by atoms with E-state index in [1.807, 2.05) is 24.3 Å². The summed E-state index contributed by atoms with van der Waals surface area (Å²) in [4.78, 5) is 12.1. The van der Waals surface area contributed by atoms with Crippen molar-refractivity contribution >= 4 is 40.7 Å². The summed E-state index contributed by atoms with van der Waals surface area (Å²) in [6.45, 7) is 0.472. The number of hydrogen-bond donors (Lipinski definition) is 2. The van der Waals surface area contributed by atoms with E-state index in [1.165, 1.54) is 6.42 Å². The third kappa shape index (κ3) is 5.49. The number of nitrogens with zero attached hydrogens (tertiary/aromatic N) is 4. The van der Waals surface area contributed by atoms with Gasteiger partial charge in [-0.3, -0.25) is 5.32 Å². The quantitative estimate of drug-likeness (QED) is 0.469. The molecule has 3 aromatic rings. The van der Waals surface area contributed by atoms with Crippen LogP contribution in [0.4, 0.5) is 16.2 Å². The summed E-state index contributed by atoms with van der Waals surface area (Å²) in [5.41, 5.74) is 1.12.